The number of allylic oxidation sites excluding steroid dienone is 1. The summed E-state index contributed by atoms with van der Waals surface area (Å²) in [5.41, 5.74) is 1.06. The summed E-state index contributed by atoms with van der Waals surface area (Å²) < 4.78 is 16.7. The maximum atomic E-state index is 12.6. The van der Waals surface area contributed by atoms with Crippen LogP contribution in [0.5, 0.6) is 17.2 Å². The first kappa shape index (κ1) is 25.0. The van der Waals surface area contributed by atoms with Crippen LogP contribution in [0.3, 0.4) is 0 Å². The van der Waals surface area contributed by atoms with E-state index in [1.807, 2.05) is 46.8 Å². The van der Waals surface area contributed by atoms with Gasteiger partial charge >= 0.3 is 5.97 Å². The van der Waals surface area contributed by atoms with Crippen LogP contribution in [0.15, 0.2) is 36.4 Å². The highest BCUT2D eigenvalue weighted by Gasteiger charge is 2.35. The summed E-state index contributed by atoms with van der Waals surface area (Å²) in [6, 6.07) is 8.12. The molecule has 172 valence electrons. The quantitative estimate of drug-likeness (QED) is 0.352. The normalized spacial score (nSPS) is 12.0. The van der Waals surface area contributed by atoms with E-state index in [0.29, 0.717) is 17.1 Å². The Morgan fingerprint density at radius 3 is 2.09 bits per heavy atom. The van der Waals surface area contributed by atoms with Gasteiger partial charge in [-0.2, -0.15) is 0 Å². The van der Waals surface area contributed by atoms with E-state index < -0.39 is 17.2 Å². The van der Waals surface area contributed by atoms with Crippen molar-refractivity contribution in [3.63, 3.8) is 0 Å². The Morgan fingerprint density at radius 2 is 1.56 bits per heavy atom. The van der Waals surface area contributed by atoms with Crippen LogP contribution in [-0.4, -0.2) is 35.2 Å². The van der Waals surface area contributed by atoms with Crippen molar-refractivity contribution >= 4 is 17.8 Å². The second-order valence-electron chi connectivity index (χ2n) is 9.18. The monoisotopic (exact) mass is 440 g/mol. The van der Waals surface area contributed by atoms with Crippen LogP contribution in [0.4, 0.5) is 0 Å². The topological polar surface area (TPSA) is 82.1 Å². The van der Waals surface area contributed by atoms with Gasteiger partial charge in [0.05, 0.1) is 12.7 Å². The Labute approximate surface area is 189 Å². The predicted octanol–water partition coefficient (Wildman–Crippen LogP) is 5.41. The van der Waals surface area contributed by atoms with Gasteiger partial charge in [-0.1, -0.05) is 6.08 Å². The number of phenolic OH excluding ortho intramolecular Hbond substituents is 1. The molecule has 0 heterocycles. The maximum Gasteiger partial charge on any atom is 0.350 e. The van der Waals surface area contributed by atoms with Gasteiger partial charge in [-0.05, 0) is 95.5 Å². The molecule has 0 saturated carbocycles. The van der Waals surface area contributed by atoms with Crippen LogP contribution in [0.1, 0.15) is 61.7 Å². The summed E-state index contributed by atoms with van der Waals surface area (Å²) in [5, 5.41) is 9.57. The number of carbonyl (C=O) groups excluding carboxylic acids is 2. The zero-order valence-electron chi connectivity index (χ0n) is 20.0. The molecule has 0 aliphatic carbocycles. The van der Waals surface area contributed by atoms with Crippen LogP contribution >= 0.6 is 0 Å². The maximum absolute atomic E-state index is 12.6. The minimum absolute atomic E-state index is 0.0264. The largest absolute Gasteiger partial charge is 0.508 e. The number of aryl methyl sites for hydroxylation is 2. The van der Waals surface area contributed by atoms with Crippen molar-refractivity contribution in [2.45, 2.75) is 59.7 Å². The molecule has 0 aliphatic heterocycles. The molecule has 0 atom stereocenters. The highest BCUT2D eigenvalue weighted by Crippen LogP contribution is 2.30. The summed E-state index contributed by atoms with van der Waals surface area (Å²) in [4.78, 5) is 25.1. The molecule has 0 amide bonds. The number of hydrogen-bond acceptors (Lipinski definition) is 6. The van der Waals surface area contributed by atoms with E-state index in [9.17, 15) is 14.7 Å². The molecule has 6 nitrogen and oxygen atoms in total. The van der Waals surface area contributed by atoms with Crippen LogP contribution in [-0.2, 0) is 9.53 Å². The van der Waals surface area contributed by atoms with Gasteiger partial charge in [-0.15, -0.1) is 0 Å². The first-order chi connectivity index (χ1) is 14.7. The average molecular weight is 441 g/mol. The van der Waals surface area contributed by atoms with Crippen molar-refractivity contribution in [3.05, 3.63) is 58.7 Å². The highest BCUT2D eigenvalue weighted by molar-refractivity contribution is 6.08. The molecule has 2 aromatic carbocycles. The summed E-state index contributed by atoms with van der Waals surface area (Å²) in [7, 11) is 1.44. The molecule has 0 spiro atoms. The van der Waals surface area contributed by atoms with Crippen molar-refractivity contribution in [2.75, 3.05) is 7.11 Å². The van der Waals surface area contributed by atoms with Crippen LogP contribution in [0.25, 0.3) is 6.08 Å². The Hall–Kier alpha value is -3.28. The second kappa shape index (κ2) is 9.47. The molecule has 0 fully saturated rings. The lowest BCUT2D eigenvalue weighted by molar-refractivity contribution is -0.171. The lowest BCUT2D eigenvalue weighted by Crippen LogP contribution is -2.43. The van der Waals surface area contributed by atoms with Gasteiger partial charge in [0.25, 0.3) is 0 Å². The summed E-state index contributed by atoms with van der Waals surface area (Å²) in [6.45, 7) is 12.6. The molecule has 0 radical (unpaired) electrons. The van der Waals surface area contributed by atoms with E-state index >= 15 is 0 Å². The number of esters is 1. The SMILES string of the molecule is COc1cc(O)ccc1C(=O)/C=C/c1cc(C)c(OC(C)(C)C(=O)OC(C)(C)C)c(C)c1. The lowest BCUT2D eigenvalue weighted by Gasteiger charge is -2.30. The van der Waals surface area contributed by atoms with E-state index in [1.165, 1.54) is 31.4 Å². The number of methoxy groups -OCH3 is 1. The molecular weight excluding hydrogens is 408 g/mol. The molecule has 32 heavy (non-hydrogen) atoms. The van der Waals surface area contributed by atoms with Gasteiger partial charge in [0, 0.05) is 6.07 Å². The van der Waals surface area contributed by atoms with E-state index in [-0.39, 0.29) is 11.5 Å². The number of ether oxygens (including phenoxy) is 3. The highest BCUT2D eigenvalue weighted by atomic mass is 16.6. The first-order valence-corrected chi connectivity index (χ1v) is 10.4. The van der Waals surface area contributed by atoms with Gasteiger partial charge in [-0.25, -0.2) is 4.79 Å². The Morgan fingerprint density at radius 1 is 0.969 bits per heavy atom. The molecule has 6 heteroatoms. The van der Waals surface area contributed by atoms with Crippen molar-refractivity contribution in [3.8, 4) is 17.2 Å². The molecular formula is C26H32O6. The Balaban J connectivity index is 2.24. The number of aromatic hydroxyl groups is 1. The fourth-order valence-corrected chi connectivity index (χ4v) is 3.08. The van der Waals surface area contributed by atoms with Crippen molar-refractivity contribution < 1.29 is 28.9 Å². The summed E-state index contributed by atoms with van der Waals surface area (Å²) >= 11 is 0. The molecule has 1 N–H and O–H groups in total. The van der Waals surface area contributed by atoms with E-state index in [2.05, 4.69) is 0 Å². The van der Waals surface area contributed by atoms with Gasteiger partial charge in [-0.3, -0.25) is 4.79 Å². The van der Waals surface area contributed by atoms with Crippen molar-refractivity contribution in [2.24, 2.45) is 0 Å². The van der Waals surface area contributed by atoms with Crippen LogP contribution in [0.2, 0.25) is 0 Å². The van der Waals surface area contributed by atoms with Gasteiger partial charge < -0.3 is 19.3 Å². The van der Waals surface area contributed by atoms with Gasteiger partial charge in [0.2, 0.25) is 0 Å². The van der Waals surface area contributed by atoms with Crippen LogP contribution in [0, 0.1) is 13.8 Å². The molecule has 0 saturated heterocycles. The predicted molar refractivity (Wildman–Crippen MR) is 124 cm³/mol. The van der Waals surface area contributed by atoms with Gasteiger partial charge in [0.15, 0.2) is 11.4 Å². The number of phenols is 1. The lowest BCUT2D eigenvalue weighted by atomic mass is 10.0. The fourth-order valence-electron chi connectivity index (χ4n) is 3.08. The van der Waals surface area contributed by atoms with Crippen LogP contribution < -0.4 is 9.47 Å². The van der Waals surface area contributed by atoms with E-state index in [4.69, 9.17) is 14.2 Å². The molecule has 2 rings (SSSR count). The fraction of sp³-hybridized carbons (Fsp3) is 0.385. The number of benzene rings is 2. The number of ketones is 1. The van der Waals surface area contributed by atoms with Crippen molar-refractivity contribution in [1.29, 1.82) is 0 Å². The average Bonchev–Trinajstić information content (AvgIpc) is 2.67. The van der Waals surface area contributed by atoms with Crippen molar-refractivity contribution in [1.82, 2.24) is 0 Å². The smallest absolute Gasteiger partial charge is 0.350 e. The van der Waals surface area contributed by atoms with E-state index in [0.717, 1.165) is 16.7 Å². The Bertz CT molecular complexity index is 1020. The summed E-state index contributed by atoms with van der Waals surface area (Å²) in [6.07, 6.45) is 3.16. The Kier molecular flexibility index (Phi) is 7.39. The van der Waals surface area contributed by atoms with Gasteiger partial charge in [0.1, 0.15) is 22.8 Å². The third kappa shape index (κ3) is 6.36. The first-order valence-electron chi connectivity index (χ1n) is 10.4. The number of carbonyl (C=O) groups is 2. The number of rotatable bonds is 7. The molecule has 0 aromatic heterocycles. The minimum Gasteiger partial charge on any atom is -0.508 e. The molecule has 0 aliphatic rings. The third-order valence-corrected chi connectivity index (χ3v) is 4.61. The zero-order chi connectivity index (χ0) is 24.3. The summed E-state index contributed by atoms with van der Waals surface area (Å²) in [5.74, 6) is 0.243. The standard InChI is InChI=1S/C26H32O6/c1-16-13-18(9-12-21(28)20-11-10-19(27)15-22(20)30-8)14-17(2)23(16)31-26(6,7)24(29)32-25(3,4)5/h9-15,27H,1-8H3/b12-9+. The third-order valence-electron chi connectivity index (χ3n) is 4.61. The molecule has 2 aromatic rings. The second-order valence-corrected chi connectivity index (χ2v) is 9.18. The van der Waals surface area contributed by atoms with E-state index in [1.54, 1.807) is 19.9 Å². The molecule has 0 unspecified atom stereocenters. The molecule has 0 bridgehead atoms. The minimum atomic E-state index is -1.16. The zero-order valence-corrected chi connectivity index (χ0v) is 20.0. The number of hydrogen-bond donors (Lipinski definition) is 1.